The van der Waals surface area contributed by atoms with Crippen LogP contribution < -0.4 is 5.32 Å². The summed E-state index contributed by atoms with van der Waals surface area (Å²) in [6.45, 7) is 5.90. The fourth-order valence-corrected chi connectivity index (χ4v) is 3.32. The number of nitrogens with zero attached hydrogens (tertiary/aromatic N) is 7. The molecule has 0 spiro atoms. The van der Waals surface area contributed by atoms with Crippen molar-refractivity contribution in [3.8, 4) is 0 Å². The molecule has 1 aliphatic heterocycles. The van der Waals surface area contributed by atoms with Gasteiger partial charge < -0.3 is 9.73 Å². The molecule has 10 nitrogen and oxygen atoms in total. The number of benzene rings is 1. The van der Waals surface area contributed by atoms with Crippen molar-refractivity contribution in [2.45, 2.75) is 45.9 Å². The van der Waals surface area contributed by atoms with Crippen molar-refractivity contribution in [2.24, 2.45) is 0 Å². The van der Waals surface area contributed by atoms with Gasteiger partial charge in [0.1, 0.15) is 12.6 Å². The molecule has 0 saturated carbocycles. The van der Waals surface area contributed by atoms with E-state index >= 15 is 0 Å². The average molecular weight is 382 g/mol. The SMILES string of the molecule is Cc1nnc([C@@H](C)NC(=O)Cn2nnnc2CN2CCc3ccccc3C2)o1. The first kappa shape index (κ1) is 18.2. The number of amides is 1. The minimum Gasteiger partial charge on any atom is -0.423 e. The van der Waals surface area contributed by atoms with E-state index in [2.05, 4.69) is 60.2 Å². The molecule has 0 unspecified atom stereocenters. The molecular weight excluding hydrogens is 360 g/mol. The first-order valence-corrected chi connectivity index (χ1v) is 9.22. The number of carbonyl (C=O) groups excluding carboxylic acids is 1. The van der Waals surface area contributed by atoms with E-state index in [9.17, 15) is 4.79 Å². The Bertz CT molecular complexity index is 966. The summed E-state index contributed by atoms with van der Waals surface area (Å²) in [5, 5.41) is 22.3. The van der Waals surface area contributed by atoms with Crippen molar-refractivity contribution in [1.29, 1.82) is 0 Å². The molecule has 146 valence electrons. The lowest BCUT2D eigenvalue weighted by atomic mass is 10.00. The molecule has 4 rings (SSSR count). The second-order valence-corrected chi connectivity index (χ2v) is 6.93. The van der Waals surface area contributed by atoms with Crippen LogP contribution in [0, 0.1) is 6.92 Å². The van der Waals surface area contributed by atoms with Gasteiger partial charge in [0.2, 0.25) is 17.7 Å². The Labute approximate surface area is 161 Å². The summed E-state index contributed by atoms with van der Waals surface area (Å²) in [4.78, 5) is 14.7. The Balaban J connectivity index is 1.36. The Morgan fingerprint density at radius 1 is 1.25 bits per heavy atom. The van der Waals surface area contributed by atoms with E-state index in [1.807, 2.05) is 0 Å². The van der Waals surface area contributed by atoms with Crippen molar-refractivity contribution >= 4 is 5.91 Å². The number of aryl methyl sites for hydroxylation is 1. The topological polar surface area (TPSA) is 115 Å². The quantitative estimate of drug-likeness (QED) is 0.666. The van der Waals surface area contributed by atoms with Gasteiger partial charge in [0.25, 0.3) is 0 Å². The maximum atomic E-state index is 12.4. The molecule has 0 saturated heterocycles. The van der Waals surface area contributed by atoms with Crippen molar-refractivity contribution in [1.82, 2.24) is 40.6 Å². The Hall–Kier alpha value is -3.14. The number of fused-ring (bicyclic) bond motifs is 1. The molecule has 3 heterocycles. The summed E-state index contributed by atoms with van der Waals surface area (Å²) < 4.78 is 6.87. The van der Waals surface area contributed by atoms with Gasteiger partial charge in [0, 0.05) is 20.0 Å². The van der Waals surface area contributed by atoms with Crippen molar-refractivity contribution in [3.63, 3.8) is 0 Å². The van der Waals surface area contributed by atoms with Gasteiger partial charge in [-0.2, -0.15) is 0 Å². The molecule has 1 aromatic carbocycles. The van der Waals surface area contributed by atoms with E-state index in [0.29, 0.717) is 24.2 Å². The lowest BCUT2D eigenvalue weighted by molar-refractivity contribution is -0.122. The minimum absolute atomic E-state index is 0.0320. The van der Waals surface area contributed by atoms with Gasteiger partial charge in [-0.15, -0.1) is 15.3 Å². The highest BCUT2D eigenvalue weighted by Crippen LogP contribution is 2.19. The molecule has 3 aromatic rings. The van der Waals surface area contributed by atoms with Crippen LogP contribution in [0.4, 0.5) is 0 Å². The van der Waals surface area contributed by atoms with Crippen molar-refractivity contribution in [2.75, 3.05) is 6.54 Å². The van der Waals surface area contributed by atoms with Crippen LogP contribution in [0.25, 0.3) is 0 Å². The van der Waals surface area contributed by atoms with E-state index < -0.39 is 0 Å². The maximum absolute atomic E-state index is 12.4. The fraction of sp³-hybridized carbons (Fsp3) is 0.444. The largest absolute Gasteiger partial charge is 0.423 e. The second-order valence-electron chi connectivity index (χ2n) is 6.93. The van der Waals surface area contributed by atoms with Gasteiger partial charge in [-0.3, -0.25) is 9.69 Å². The molecule has 0 fully saturated rings. The molecule has 2 aromatic heterocycles. The summed E-state index contributed by atoms with van der Waals surface area (Å²) in [5.41, 5.74) is 2.72. The Morgan fingerprint density at radius 2 is 2.07 bits per heavy atom. The monoisotopic (exact) mass is 382 g/mol. The summed E-state index contributed by atoms with van der Waals surface area (Å²) in [6, 6.07) is 8.07. The van der Waals surface area contributed by atoms with Crippen LogP contribution in [-0.4, -0.2) is 47.8 Å². The average Bonchev–Trinajstić information content (AvgIpc) is 3.31. The van der Waals surface area contributed by atoms with Crippen LogP contribution in [0.3, 0.4) is 0 Å². The first-order valence-electron chi connectivity index (χ1n) is 9.22. The predicted octanol–water partition coefficient (Wildman–Crippen LogP) is 0.800. The lowest BCUT2D eigenvalue weighted by Crippen LogP contribution is -2.33. The van der Waals surface area contributed by atoms with Gasteiger partial charge in [0.05, 0.1) is 6.54 Å². The molecule has 10 heteroatoms. The van der Waals surface area contributed by atoms with Gasteiger partial charge in [0.15, 0.2) is 5.82 Å². The van der Waals surface area contributed by atoms with E-state index in [0.717, 1.165) is 19.5 Å². The number of nitrogens with one attached hydrogen (secondary N) is 1. The fourth-order valence-electron chi connectivity index (χ4n) is 3.32. The zero-order chi connectivity index (χ0) is 19.5. The third-order valence-electron chi connectivity index (χ3n) is 4.76. The normalized spacial score (nSPS) is 15.2. The number of hydrogen-bond acceptors (Lipinski definition) is 8. The van der Waals surface area contributed by atoms with E-state index in [4.69, 9.17) is 4.42 Å². The number of hydrogen-bond donors (Lipinski definition) is 1. The molecule has 1 amide bonds. The van der Waals surface area contributed by atoms with Gasteiger partial charge in [-0.25, -0.2) is 4.68 Å². The summed E-state index contributed by atoms with van der Waals surface area (Å²) in [6.07, 6.45) is 0.999. The molecular formula is C18H22N8O2. The highest BCUT2D eigenvalue weighted by atomic mass is 16.4. The summed E-state index contributed by atoms with van der Waals surface area (Å²) >= 11 is 0. The third-order valence-corrected chi connectivity index (χ3v) is 4.76. The van der Waals surface area contributed by atoms with Crippen LogP contribution in [0.5, 0.6) is 0 Å². The molecule has 28 heavy (non-hydrogen) atoms. The van der Waals surface area contributed by atoms with Gasteiger partial charge >= 0.3 is 0 Å². The number of rotatable bonds is 6. The zero-order valence-electron chi connectivity index (χ0n) is 15.9. The number of tetrazole rings is 1. The summed E-state index contributed by atoms with van der Waals surface area (Å²) in [7, 11) is 0. The molecule has 0 bridgehead atoms. The Morgan fingerprint density at radius 3 is 2.86 bits per heavy atom. The highest BCUT2D eigenvalue weighted by molar-refractivity contribution is 5.76. The maximum Gasteiger partial charge on any atom is 0.242 e. The van der Waals surface area contributed by atoms with E-state index in [-0.39, 0.29) is 18.5 Å². The first-order chi connectivity index (χ1) is 13.6. The third kappa shape index (κ3) is 4.06. The Kier molecular flexibility index (Phi) is 5.11. The van der Waals surface area contributed by atoms with Gasteiger partial charge in [-0.05, 0) is 34.9 Å². The molecule has 1 atom stereocenters. The standard InChI is InChI=1S/C18H22N8O2/c1-12(18-22-20-13(2)28-18)19-17(27)11-26-16(21-23-24-26)10-25-8-7-14-5-3-4-6-15(14)9-25/h3-6,12H,7-11H2,1-2H3,(H,19,27)/t12-/m1/s1. The van der Waals surface area contributed by atoms with Crippen LogP contribution in [0.1, 0.15) is 41.7 Å². The van der Waals surface area contributed by atoms with Crippen LogP contribution in [-0.2, 0) is 30.8 Å². The van der Waals surface area contributed by atoms with Crippen molar-refractivity contribution in [3.05, 3.63) is 53.0 Å². The molecule has 1 aliphatic rings. The molecule has 1 N–H and O–H groups in total. The van der Waals surface area contributed by atoms with Crippen LogP contribution >= 0.6 is 0 Å². The minimum atomic E-state index is -0.382. The van der Waals surface area contributed by atoms with E-state index in [1.54, 1.807) is 13.8 Å². The van der Waals surface area contributed by atoms with Crippen LogP contribution in [0.15, 0.2) is 28.7 Å². The van der Waals surface area contributed by atoms with E-state index in [1.165, 1.54) is 15.8 Å². The van der Waals surface area contributed by atoms with Crippen molar-refractivity contribution < 1.29 is 9.21 Å². The summed E-state index contributed by atoms with van der Waals surface area (Å²) in [5.74, 6) is 1.27. The number of carbonyl (C=O) groups is 1. The lowest BCUT2D eigenvalue weighted by Gasteiger charge is -2.28. The molecule has 0 aliphatic carbocycles. The smallest absolute Gasteiger partial charge is 0.242 e. The highest BCUT2D eigenvalue weighted by Gasteiger charge is 2.20. The second kappa shape index (κ2) is 7.85. The number of aromatic nitrogens is 6. The molecule has 0 radical (unpaired) electrons. The van der Waals surface area contributed by atoms with Gasteiger partial charge in [-0.1, -0.05) is 24.3 Å². The predicted molar refractivity (Wildman–Crippen MR) is 97.7 cm³/mol. The van der Waals surface area contributed by atoms with Crippen LogP contribution in [0.2, 0.25) is 0 Å². The zero-order valence-corrected chi connectivity index (χ0v) is 15.9.